The maximum Gasteiger partial charge on any atom is 0.472 e. The Bertz CT molecular complexity index is 1150. The highest BCUT2D eigenvalue weighted by molar-refractivity contribution is 7.47. The number of ether oxygens (including phenoxy) is 2. The zero-order valence-corrected chi connectivity index (χ0v) is 38.2. The van der Waals surface area contributed by atoms with Gasteiger partial charge in [-0.1, -0.05) is 167 Å². The van der Waals surface area contributed by atoms with Crippen LogP contribution in [0.1, 0.15) is 200 Å². The van der Waals surface area contributed by atoms with Gasteiger partial charge in [0.15, 0.2) is 6.10 Å². The lowest BCUT2D eigenvalue weighted by atomic mass is 9.85. The van der Waals surface area contributed by atoms with E-state index in [1.807, 2.05) is 0 Å². The van der Waals surface area contributed by atoms with Gasteiger partial charge in [-0.25, -0.2) is 4.57 Å². The van der Waals surface area contributed by atoms with E-state index in [0.717, 1.165) is 70.6 Å². The third-order valence-corrected chi connectivity index (χ3v) is 12.0. The molecular formula is C46H85O13P. The largest absolute Gasteiger partial charge is 0.472 e. The minimum absolute atomic E-state index is 0.0979. The minimum atomic E-state index is -5.12. The molecule has 0 bridgehead atoms. The Morgan fingerprint density at radius 3 is 1.38 bits per heavy atom. The van der Waals surface area contributed by atoms with E-state index in [-0.39, 0.29) is 12.8 Å². The Morgan fingerprint density at radius 1 is 0.517 bits per heavy atom. The summed E-state index contributed by atoms with van der Waals surface area (Å²) in [6.07, 6.45) is 26.5. The number of esters is 2. The number of aliphatic hydroxyl groups excluding tert-OH is 5. The number of carbonyl (C=O) groups excluding carboxylic acids is 2. The Labute approximate surface area is 362 Å². The minimum Gasteiger partial charge on any atom is -0.462 e. The number of aliphatic hydroxyl groups is 5. The lowest BCUT2D eigenvalue weighted by molar-refractivity contribution is -0.220. The number of hydrogen-bond donors (Lipinski definition) is 6. The van der Waals surface area contributed by atoms with Crippen molar-refractivity contribution < 1.29 is 63.1 Å². The molecule has 0 heterocycles. The molecule has 0 aromatic heterocycles. The summed E-state index contributed by atoms with van der Waals surface area (Å²) in [5.41, 5.74) is 0. The van der Waals surface area contributed by atoms with Crippen molar-refractivity contribution in [2.75, 3.05) is 13.2 Å². The second-order valence-corrected chi connectivity index (χ2v) is 18.0. The van der Waals surface area contributed by atoms with E-state index in [4.69, 9.17) is 18.5 Å². The molecule has 13 nitrogen and oxygen atoms in total. The fraction of sp³-hybridized carbons (Fsp3) is 0.870. The molecule has 0 saturated heterocycles. The summed E-state index contributed by atoms with van der Waals surface area (Å²) in [5, 5.41) is 50.1. The Kier molecular flexibility index (Phi) is 34.5. The molecule has 1 aliphatic rings. The summed E-state index contributed by atoms with van der Waals surface area (Å²) < 4.78 is 33.5. The first-order chi connectivity index (χ1) is 28.9. The molecule has 0 aromatic carbocycles. The van der Waals surface area contributed by atoms with Crippen molar-refractivity contribution in [3.05, 3.63) is 24.3 Å². The van der Waals surface area contributed by atoms with Gasteiger partial charge in [-0.15, -0.1) is 0 Å². The maximum absolute atomic E-state index is 12.8. The number of unbranched alkanes of at least 4 members (excludes halogenated alkanes) is 23. The van der Waals surface area contributed by atoms with E-state index >= 15 is 0 Å². The van der Waals surface area contributed by atoms with Gasteiger partial charge in [-0.2, -0.15) is 0 Å². The third-order valence-electron chi connectivity index (χ3n) is 11.0. The standard InChI is InChI=1S/C46H85O13P/c1-3-5-7-9-11-13-15-17-19-21-23-25-27-29-31-33-35-40(48)58-38(37-57-60(54,55)59-46-44(52)42(50)41(49)43(51)45(46)53)36-56-39(47)34-32-30-28-26-24-22-20-18-16-14-12-10-8-6-4-2/h12,14,18,20,38,41-46,49-53H,3-11,13,15-17,19,21-37H2,1-2H3,(H,54,55)/b14-12-,20-18-/t38-,41?,42-,43?,44?,45?,46?/m1/s1. The van der Waals surface area contributed by atoms with Crippen LogP contribution in [0.2, 0.25) is 0 Å². The molecular weight excluding hydrogens is 791 g/mol. The first-order valence-corrected chi connectivity index (χ1v) is 25.1. The van der Waals surface area contributed by atoms with Gasteiger partial charge in [-0.05, 0) is 44.9 Å². The third kappa shape index (κ3) is 28.8. The Hall–Kier alpha value is -1.67. The number of carbonyl (C=O) groups is 2. The van der Waals surface area contributed by atoms with Crippen LogP contribution in [0.5, 0.6) is 0 Å². The number of phosphoric acid groups is 1. The van der Waals surface area contributed by atoms with Crippen LogP contribution in [0.4, 0.5) is 0 Å². The van der Waals surface area contributed by atoms with E-state index in [0.29, 0.717) is 12.8 Å². The highest BCUT2D eigenvalue weighted by atomic mass is 31.2. The molecule has 1 fully saturated rings. The molecule has 0 amide bonds. The van der Waals surface area contributed by atoms with Crippen LogP contribution in [-0.4, -0.2) is 98.3 Å². The van der Waals surface area contributed by atoms with Crippen LogP contribution in [-0.2, 0) is 32.7 Å². The van der Waals surface area contributed by atoms with Crippen molar-refractivity contribution in [1.82, 2.24) is 0 Å². The first-order valence-electron chi connectivity index (χ1n) is 23.6. The second-order valence-electron chi connectivity index (χ2n) is 16.6. The first kappa shape index (κ1) is 56.3. The molecule has 1 rings (SSSR count). The van der Waals surface area contributed by atoms with Crippen LogP contribution in [0.25, 0.3) is 0 Å². The van der Waals surface area contributed by atoms with E-state index in [9.17, 15) is 44.6 Å². The summed E-state index contributed by atoms with van der Waals surface area (Å²) in [7, 11) is -5.12. The van der Waals surface area contributed by atoms with Gasteiger partial charge in [0.2, 0.25) is 0 Å². The Morgan fingerprint density at radius 2 is 0.900 bits per heavy atom. The SMILES string of the molecule is CCCCC/C=C\C/C=C\CCCCCCCC(=O)OC[C@H](COP(=O)(O)OC1C(O)C(O)C(O)[C@@H](O)C1O)OC(=O)CCCCCCCCCCCCCCCCCC. The van der Waals surface area contributed by atoms with Crippen molar-refractivity contribution in [2.24, 2.45) is 0 Å². The second kappa shape index (κ2) is 36.8. The van der Waals surface area contributed by atoms with Crippen molar-refractivity contribution in [3.63, 3.8) is 0 Å². The summed E-state index contributed by atoms with van der Waals surface area (Å²) in [6.45, 7) is 3.27. The summed E-state index contributed by atoms with van der Waals surface area (Å²) in [4.78, 5) is 35.7. The van der Waals surface area contributed by atoms with E-state index in [1.165, 1.54) is 89.9 Å². The molecule has 1 saturated carbocycles. The average Bonchev–Trinajstić information content (AvgIpc) is 3.23. The molecule has 6 N–H and O–H groups in total. The maximum atomic E-state index is 12.8. The van der Waals surface area contributed by atoms with Gasteiger partial charge in [0.05, 0.1) is 6.61 Å². The molecule has 0 aromatic rings. The van der Waals surface area contributed by atoms with Crippen molar-refractivity contribution in [3.8, 4) is 0 Å². The smallest absolute Gasteiger partial charge is 0.462 e. The van der Waals surface area contributed by atoms with Crippen molar-refractivity contribution in [1.29, 1.82) is 0 Å². The quantitative estimate of drug-likeness (QED) is 0.0147. The number of rotatable bonds is 39. The molecule has 0 spiro atoms. The Balaban J connectivity index is 2.45. The van der Waals surface area contributed by atoms with Gasteiger partial charge in [0.25, 0.3) is 0 Å². The van der Waals surface area contributed by atoms with Crippen LogP contribution in [0.15, 0.2) is 24.3 Å². The fourth-order valence-corrected chi connectivity index (χ4v) is 8.17. The van der Waals surface area contributed by atoms with E-state index < -0.39 is 75.7 Å². The van der Waals surface area contributed by atoms with Gasteiger partial charge in [0.1, 0.15) is 43.2 Å². The molecule has 0 aliphatic heterocycles. The van der Waals surface area contributed by atoms with E-state index in [1.54, 1.807) is 0 Å². The molecule has 0 radical (unpaired) electrons. The highest BCUT2D eigenvalue weighted by Gasteiger charge is 2.51. The molecule has 14 heteroatoms. The summed E-state index contributed by atoms with van der Waals surface area (Å²) >= 11 is 0. The predicted octanol–water partition coefficient (Wildman–Crippen LogP) is 9.23. The fourth-order valence-electron chi connectivity index (χ4n) is 7.20. The van der Waals surface area contributed by atoms with Crippen molar-refractivity contribution >= 4 is 19.8 Å². The topological polar surface area (TPSA) is 210 Å². The zero-order valence-electron chi connectivity index (χ0n) is 37.3. The monoisotopic (exact) mass is 877 g/mol. The molecule has 60 heavy (non-hydrogen) atoms. The number of hydrogen-bond acceptors (Lipinski definition) is 12. The van der Waals surface area contributed by atoms with Gasteiger partial charge < -0.3 is 39.9 Å². The normalized spacial score (nSPS) is 22.3. The van der Waals surface area contributed by atoms with Crippen LogP contribution in [0.3, 0.4) is 0 Å². The lowest BCUT2D eigenvalue weighted by Crippen LogP contribution is -2.64. The number of allylic oxidation sites excluding steroid dienone is 4. The van der Waals surface area contributed by atoms with Crippen LogP contribution in [0, 0.1) is 0 Å². The molecule has 8 atom stereocenters. The van der Waals surface area contributed by atoms with Gasteiger partial charge in [-0.3, -0.25) is 18.6 Å². The summed E-state index contributed by atoms with van der Waals surface area (Å²) in [6, 6.07) is 0. The van der Waals surface area contributed by atoms with Gasteiger partial charge >= 0.3 is 19.8 Å². The van der Waals surface area contributed by atoms with Crippen molar-refractivity contribution in [2.45, 2.75) is 243 Å². The zero-order chi connectivity index (χ0) is 44.3. The molecule has 6 unspecified atom stereocenters. The lowest BCUT2D eigenvalue weighted by Gasteiger charge is -2.41. The molecule has 352 valence electrons. The van der Waals surface area contributed by atoms with Crippen LogP contribution >= 0.6 is 7.82 Å². The predicted molar refractivity (Wildman–Crippen MR) is 235 cm³/mol. The summed E-state index contributed by atoms with van der Waals surface area (Å²) in [5.74, 6) is -1.11. The van der Waals surface area contributed by atoms with Gasteiger partial charge in [0, 0.05) is 12.8 Å². The highest BCUT2D eigenvalue weighted by Crippen LogP contribution is 2.47. The number of phosphoric ester groups is 1. The van der Waals surface area contributed by atoms with E-state index in [2.05, 4.69) is 38.2 Å². The average molecular weight is 877 g/mol. The molecule has 1 aliphatic carbocycles. The van der Waals surface area contributed by atoms with Crippen LogP contribution < -0.4 is 0 Å².